The molecule has 4 rings (SSSR count). The first kappa shape index (κ1) is 25.4. The van der Waals surface area contributed by atoms with E-state index >= 15 is 0 Å². The molecule has 34 heavy (non-hydrogen) atoms. The van der Waals surface area contributed by atoms with Crippen molar-refractivity contribution in [1.29, 1.82) is 0 Å². The zero-order valence-corrected chi connectivity index (χ0v) is 23.4. The van der Waals surface area contributed by atoms with Crippen LogP contribution in [0.1, 0.15) is 74.1 Å². The van der Waals surface area contributed by atoms with Gasteiger partial charge < -0.3 is 4.43 Å². The van der Waals surface area contributed by atoms with Crippen molar-refractivity contribution in [3.05, 3.63) is 60.7 Å². The van der Waals surface area contributed by atoms with Gasteiger partial charge in [-0.1, -0.05) is 116 Å². The lowest BCUT2D eigenvalue weighted by Gasteiger charge is -2.59. The van der Waals surface area contributed by atoms with Crippen LogP contribution in [0.5, 0.6) is 0 Å². The quantitative estimate of drug-likeness (QED) is 0.453. The summed E-state index contributed by atoms with van der Waals surface area (Å²) in [6.45, 7) is 17.1. The van der Waals surface area contributed by atoms with E-state index in [1.807, 2.05) is 0 Å². The Kier molecular flexibility index (Phi) is 6.76. The Hall–Kier alpha value is -1.71. The summed E-state index contributed by atoms with van der Waals surface area (Å²) >= 11 is 0. The molecule has 0 aromatic heterocycles. The highest BCUT2D eigenvalue weighted by Crippen LogP contribution is 2.60. The Bertz CT molecular complexity index is 952. The van der Waals surface area contributed by atoms with Gasteiger partial charge in [0.05, 0.1) is 0 Å². The second-order valence-electron chi connectivity index (χ2n) is 12.9. The van der Waals surface area contributed by atoms with Crippen LogP contribution in [0.15, 0.2) is 60.7 Å². The van der Waals surface area contributed by atoms with E-state index in [0.717, 1.165) is 6.42 Å². The summed E-state index contributed by atoms with van der Waals surface area (Å²) < 4.78 is 7.39. The normalized spacial score (nSPS) is 29.5. The molecule has 0 amide bonds. The molecular formula is C31H44O2Si. The number of carbonyl (C=O) groups is 1. The Balaban J connectivity index is 1.79. The maximum atomic E-state index is 13.3. The van der Waals surface area contributed by atoms with Crippen LogP contribution >= 0.6 is 0 Å². The molecule has 0 heterocycles. The van der Waals surface area contributed by atoms with Crippen molar-refractivity contribution in [3.63, 3.8) is 0 Å². The molecule has 3 heteroatoms. The van der Waals surface area contributed by atoms with Crippen molar-refractivity contribution in [2.45, 2.75) is 79.2 Å². The Morgan fingerprint density at radius 2 is 1.44 bits per heavy atom. The van der Waals surface area contributed by atoms with Crippen LogP contribution in [-0.2, 0) is 9.22 Å². The zero-order valence-electron chi connectivity index (χ0n) is 22.4. The monoisotopic (exact) mass is 476 g/mol. The van der Waals surface area contributed by atoms with Gasteiger partial charge in [-0.25, -0.2) is 0 Å². The van der Waals surface area contributed by atoms with Gasteiger partial charge in [-0.3, -0.25) is 4.79 Å². The standard InChI is InChI=1S/C31H44O2Si/c1-23-26(31(7)20-14-19-30(5,6)28(31)21-27(23)32)22-33-34(29(2,3)4,24-15-10-8-11-16-24)25-17-12-9-13-18-25/h8-13,15-18,23,26,28H,14,19-22H2,1-7H3/t23-,26+,28?,31-/m1/s1. The topological polar surface area (TPSA) is 26.3 Å². The average molecular weight is 477 g/mol. The summed E-state index contributed by atoms with van der Waals surface area (Å²) in [6, 6.07) is 21.8. The lowest BCUT2D eigenvalue weighted by atomic mass is 9.46. The molecule has 1 unspecified atom stereocenters. The molecule has 2 aliphatic rings. The summed E-state index contributed by atoms with van der Waals surface area (Å²) in [5.41, 5.74) is 0.346. The highest BCUT2D eigenvalue weighted by molar-refractivity contribution is 6.99. The molecule has 0 saturated heterocycles. The van der Waals surface area contributed by atoms with Gasteiger partial charge in [-0.2, -0.15) is 0 Å². The lowest BCUT2D eigenvalue weighted by Crippen LogP contribution is -2.67. The molecule has 0 aliphatic heterocycles. The first-order chi connectivity index (χ1) is 15.9. The number of carbonyl (C=O) groups excluding carboxylic acids is 1. The molecule has 2 saturated carbocycles. The summed E-state index contributed by atoms with van der Waals surface area (Å²) in [7, 11) is -2.62. The van der Waals surface area contributed by atoms with Crippen LogP contribution < -0.4 is 10.4 Å². The summed E-state index contributed by atoms with van der Waals surface area (Å²) in [6.07, 6.45) is 4.40. The van der Waals surface area contributed by atoms with Crippen molar-refractivity contribution in [3.8, 4) is 0 Å². The van der Waals surface area contributed by atoms with E-state index in [2.05, 4.69) is 109 Å². The molecule has 2 aliphatic carbocycles. The van der Waals surface area contributed by atoms with Gasteiger partial charge in [0.25, 0.3) is 8.32 Å². The highest BCUT2D eigenvalue weighted by Gasteiger charge is 2.58. The maximum absolute atomic E-state index is 13.3. The van der Waals surface area contributed by atoms with E-state index < -0.39 is 8.32 Å². The van der Waals surface area contributed by atoms with E-state index in [-0.39, 0.29) is 27.7 Å². The lowest BCUT2D eigenvalue weighted by molar-refractivity contribution is -0.150. The Labute approximate surface area is 208 Å². The minimum atomic E-state index is -2.62. The largest absolute Gasteiger partial charge is 0.407 e. The van der Waals surface area contributed by atoms with Crippen LogP contribution in [0.25, 0.3) is 0 Å². The van der Waals surface area contributed by atoms with Gasteiger partial charge in [0.1, 0.15) is 5.78 Å². The van der Waals surface area contributed by atoms with Gasteiger partial charge in [0, 0.05) is 18.9 Å². The molecule has 2 fully saturated rings. The van der Waals surface area contributed by atoms with Crippen molar-refractivity contribution < 1.29 is 9.22 Å². The molecule has 2 aromatic rings. The van der Waals surface area contributed by atoms with E-state index in [4.69, 9.17) is 4.43 Å². The van der Waals surface area contributed by atoms with Gasteiger partial charge in [-0.15, -0.1) is 0 Å². The fourth-order valence-corrected chi connectivity index (χ4v) is 12.2. The van der Waals surface area contributed by atoms with Gasteiger partial charge in [-0.05, 0) is 50.9 Å². The van der Waals surface area contributed by atoms with Crippen LogP contribution in [0.4, 0.5) is 0 Å². The van der Waals surface area contributed by atoms with Crippen LogP contribution in [-0.4, -0.2) is 20.7 Å². The summed E-state index contributed by atoms with van der Waals surface area (Å²) in [5.74, 6) is 1.17. The van der Waals surface area contributed by atoms with Crippen molar-refractivity contribution >= 4 is 24.5 Å². The first-order valence-electron chi connectivity index (χ1n) is 13.2. The highest BCUT2D eigenvalue weighted by atomic mass is 28.4. The molecule has 2 aromatic carbocycles. The average Bonchev–Trinajstić information content (AvgIpc) is 2.78. The fraction of sp³-hybridized carbons (Fsp3) is 0.581. The fourth-order valence-electron chi connectivity index (χ4n) is 7.61. The van der Waals surface area contributed by atoms with Crippen LogP contribution in [0.3, 0.4) is 0 Å². The molecule has 184 valence electrons. The smallest absolute Gasteiger partial charge is 0.261 e. The second kappa shape index (κ2) is 9.06. The van der Waals surface area contributed by atoms with Crippen molar-refractivity contribution in [2.75, 3.05) is 6.61 Å². The molecule has 4 atom stereocenters. The minimum absolute atomic E-state index is 0.0494. The number of benzene rings is 2. The number of fused-ring (bicyclic) bond motifs is 1. The van der Waals surface area contributed by atoms with Gasteiger partial charge in [0.15, 0.2) is 0 Å². The number of ketones is 1. The molecule has 0 N–H and O–H groups in total. The SMILES string of the molecule is C[C@H]1C(=O)CC2C(C)(C)CCC[C@]2(C)[C@H]1CO[Si](c1ccccc1)(c1ccccc1)C(C)(C)C. The van der Waals surface area contributed by atoms with E-state index in [1.165, 1.54) is 29.6 Å². The van der Waals surface area contributed by atoms with Crippen LogP contribution in [0, 0.1) is 28.6 Å². The third kappa shape index (κ3) is 4.13. The summed E-state index contributed by atoms with van der Waals surface area (Å²) in [4.78, 5) is 13.3. The Morgan fingerprint density at radius 1 is 0.912 bits per heavy atom. The number of hydrogen-bond donors (Lipinski definition) is 0. The predicted molar refractivity (Wildman–Crippen MR) is 145 cm³/mol. The third-order valence-corrected chi connectivity index (χ3v) is 14.5. The second-order valence-corrected chi connectivity index (χ2v) is 17.2. The van der Waals surface area contributed by atoms with E-state index in [0.29, 0.717) is 18.3 Å². The molecule has 0 bridgehead atoms. The minimum Gasteiger partial charge on any atom is -0.407 e. The van der Waals surface area contributed by atoms with E-state index in [1.54, 1.807) is 0 Å². The van der Waals surface area contributed by atoms with Crippen molar-refractivity contribution in [2.24, 2.45) is 28.6 Å². The molecule has 0 radical (unpaired) electrons. The molecular weight excluding hydrogens is 432 g/mol. The molecule has 0 spiro atoms. The number of hydrogen-bond acceptors (Lipinski definition) is 2. The third-order valence-electron chi connectivity index (χ3n) is 9.54. The number of Topliss-reactive ketones (excluding diaryl/α,β-unsaturated/α-hetero) is 1. The zero-order chi connectivity index (χ0) is 24.8. The van der Waals surface area contributed by atoms with Crippen molar-refractivity contribution in [1.82, 2.24) is 0 Å². The number of rotatable bonds is 5. The van der Waals surface area contributed by atoms with Crippen LogP contribution in [0.2, 0.25) is 5.04 Å². The molecule has 2 nitrogen and oxygen atoms in total. The maximum Gasteiger partial charge on any atom is 0.261 e. The van der Waals surface area contributed by atoms with Gasteiger partial charge in [0.2, 0.25) is 0 Å². The summed E-state index contributed by atoms with van der Waals surface area (Å²) in [5, 5.41) is 2.58. The van der Waals surface area contributed by atoms with E-state index in [9.17, 15) is 4.79 Å². The van der Waals surface area contributed by atoms with Gasteiger partial charge >= 0.3 is 0 Å². The first-order valence-corrected chi connectivity index (χ1v) is 15.1. The predicted octanol–water partition coefficient (Wildman–Crippen LogP) is 6.62. The Morgan fingerprint density at radius 3 is 1.94 bits per heavy atom.